The summed E-state index contributed by atoms with van der Waals surface area (Å²) in [5.74, 6) is 1.09. The molecule has 3 aromatic carbocycles. The third kappa shape index (κ3) is 5.32. The molecule has 0 saturated heterocycles. The van der Waals surface area contributed by atoms with Gasteiger partial charge in [-0.25, -0.2) is 4.39 Å². The summed E-state index contributed by atoms with van der Waals surface area (Å²) in [5, 5.41) is 0. The SMILES string of the molecule is CCOc1cc(C=Nc2ccccc2C)cc(I)c1OCc1ccc(F)cc1. The van der Waals surface area contributed by atoms with Crippen LogP contribution in [0.25, 0.3) is 0 Å². The van der Waals surface area contributed by atoms with Gasteiger partial charge in [0.15, 0.2) is 11.5 Å². The molecule has 0 heterocycles. The molecule has 0 atom stereocenters. The smallest absolute Gasteiger partial charge is 0.175 e. The molecule has 0 bridgehead atoms. The van der Waals surface area contributed by atoms with Crippen molar-refractivity contribution in [3.63, 3.8) is 0 Å². The number of ether oxygens (including phenoxy) is 2. The number of benzene rings is 3. The minimum Gasteiger partial charge on any atom is -0.490 e. The summed E-state index contributed by atoms with van der Waals surface area (Å²) < 4.78 is 25.8. The van der Waals surface area contributed by atoms with E-state index in [4.69, 9.17) is 9.47 Å². The van der Waals surface area contributed by atoms with Crippen LogP contribution < -0.4 is 9.47 Å². The van der Waals surface area contributed by atoms with Gasteiger partial charge >= 0.3 is 0 Å². The van der Waals surface area contributed by atoms with Crippen molar-refractivity contribution >= 4 is 34.5 Å². The highest BCUT2D eigenvalue weighted by Crippen LogP contribution is 2.34. The predicted octanol–water partition coefficient (Wildman–Crippen LogP) is 6.47. The van der Waals surface area contributed by atoms with Crippen LogP contribution >= 0.6 is 22.6 Å². The number of aryl methyl sites for hydroxylation is 1. The molecule has 0 amide bonds. The van der Waals surface area contributed by atoms with Crippen molar-refractivity contribution in [3.05, 3.63) is 86.7 Å². The van der Waals surface area contributed by atoms with Crippen LogP contribution in [0.4, 0.5) is 10.1 Å². The minimum atomic E-state index is -0.259. The molecule has 5 heteroatoms. The van der Waals surface area contributed by atoms with Crippen molar-refractivity contribution in [1.29, 1.82) is 0 Å². The molecule has 0 aliphatic heterocycles. The van der Waals surface area contributed by atoms with Gasteiger partial charge in [0, 0.05) is 6.21 Å². The molecule has 0 aromatic heterocycles. The Hall–Kier alpha value is -2.41. The number of rotatable bonds is 7. The van der Waals surface area contributed by atoms with Gasteiger partial charge in [-0.05, 0) is 83.5 Å². The molecule has 0 saturated carbocycles. The van der Waals surface area contributed by atoms with Crippen molar-refractivity contribution in [3.8, 4) is 11.5 Å². The van der Waals surface area contributed by atoms with E-state index >= 15 is 0 Å². The zero-order valence-corrected chi connectivity index (χ0v) is 17.9. The third-order valence-corrected chi connectivity index (χ3v) is 4.90. The average molecular weight is 489 g/mol. The van der Waals surface area contributed by atoms with E-state index < -0.39 is 0 Å². The molecule has 3 rings (SSSR count). The van der Waals surface area contributed by atoms with Crippen LogP contribution in [0, 0.1) is 16.3 Å². The van der Waals surface area contributed by atoms with Gasteiger partial charge in [0.05, 0.1) is 15.9 Å². The Morgan fingerprint density at radius 3 is 2.50 bits per heavy atom. The normalized spacial score (nSPS) is 11.0. The van der Waals surface area contributed by atoms with Gasteiger partial charge in [0.25, 0.3) is 0 Å². The molecule has 0 spiro atoms. The van der Waals surface area contributed by atoms with Gasteiger partial charge < -0.3 is 9.47 Å². The second-order valence-corrected chi connectivity index (χ2v) is 7.39. The molecule has 144 valence electrons. The number of nitrogens with zero attached hydrogens (tertiary/aromatic N) is 1. The van der Waals surface area contributed by atoms with Gasteiger partial charge in [0.1, 0.15) is 12.4 Å². The molecular weight excluding hydrogens is 468 g/mol. The van der Waals surface area contributed by atoms with E-state index in [1.807, 2.05) is 56.5 Å². The third-order valence-electron chi connectivity index (χ3n) is 4.10. The van der Waals surface area contributed by atoms with Crippen LogP contribution in [-0.2, 0) is 6.61 Å². The second kappa shape index (κ2) is 9.68. The molecule has 0 unspecified atom stereocenters. The van der Waals surface area contributed by atoms with Crippen molar-refractivity contribution in [1.82, 2.24) is 0 Å². The Kier molecular flexibility index (Phi) is 7.03. The summed E-state index contributed by atoms with van der Waals surface area (Å²) in [4.78, 5) is 4.59. The van der Waals surface area contributed by atoms with Gasteiger partial charge in [-0.2, -0.15) is 0 Å². The van der Waals surface area contributed by atoms with Crippen molar-refractivity contribution in [2.75, 3.05) is 6.61 Å². The molecule has 0 aliphatic carbocycles. The van der Waals surface area contributed by atoms with Gasteiger partial charge in [-0.1, -0.05) is 30.3 Å². The van der Waals surface area contributed by atoms with Crippen molar-refractivity contribution in [2.45, 2.75) is 20.5 Å². The van der Waals surface area contributed by atoms with E-state index in [-0.39, 0.29) is 5.82 Å². The van der Waals surface area contributed by atoms with E-state index in [9.17, 15) is 4.39 Å². The summed E-state index contributed by atoms with van der Waals surface area (Å²) in [6, 6.07) is 18.2. The largest absolute Gasteiger partial charge is 0.490 e. The molecule has 0 radical (unpaired) electrons. The Balaban J connectivity index is 1.83. The monoisotopic (exact) mass is 489 g/mol. The van der Waals surface area contributed by atoms with Crippen molar-refractivity contribution in [2.24, 2.45) is 4.99 Å². The Morgan fingerprint density at radius 2 is 1.79 bits per heavy atom. The molecular formula is C23H21FINO2. The number of para-hydroxylation sites is 1. The average Bonchev–Trinajstić information content (AvgIpc) is 2.68. The van der Waals surface area contributed by atoms with E-state index in [1.54, 1.807) is 12.1 Å². The zero-order valence-electron chi connectivity index (χ0n) is 15.8. The first kappa shape index (κ1) is 20.3. The van der Waals surface area contributed by atoms with Gasteiger partial charge in [-0.3, -0.25) is 4.99 Å². The first-order valence-corrected chi connectivity index (χ1v) is 10.1. The predicted molar refractivity (Wildman–Crippen MR) is 119 cm³/mol. The topological polar surface area (TPSA) is 30.8 Å². The Bertz CT molecular complexity index is 971. The lowest BCUT2D eigenvalue weighted by Gasteiger charge is -2.15. The van der Waals surface area contributed by atoms with Gasteiger partial charge in [0.2, 0.25) is 0 Å². The van der Waals surface area contributed by atoms with Gasteiger partial charge in [-0.15, -0.1) is 0 Å². The second-order valence-electron chi connectivity index (χ2n) is 6.22. The Labute approximate surface area is 178 Å². The summed E-state index contributed by atoms with van der Waals surface area (Å²) in [6.07, 6.45) is 1.83. The van der Waals surface area contributed by atoms with Crippen molar-refractivity contribution < 1.29 is 13.9 Å². The first-order chi connectivity index (χ1) is 13.6. The van der Waals surface area contributed by atoms with Crippen LogP contribution in [-0.4, -0.2) is 12.8 Å². The highest BCUT2D eigenvalue weighted by Gasteiger charge is 2.12. The summed E-state index contributed by atoms with van der Waals surface area (Å²) in [7, 11) is 0. The highest BCUT2D eigenvalue weighted by molar-refractivity contribution is 14.1. The highest BCUT2D eigenvalue weighted by atomic mass is 127. The maximum absolute atomic E-state index is 13.1. The van der Waals surface area contributed by atoms with Crippen LogP contribution in [0.15, 0.2) is 65.7 Å². The standard InChI is InChI=1S/C23H21FINO2/c1-3-27-22-13-18(14-26-21-7-5-4-6-16(21)2)12-20(25)23(22)28-15-17-8-10-19(24)11-9-17/h4-14H,3,15H2,1-2H3. The molecule has 0 N–H and O–H groups in total. The van der Waals surface area contributed by atoms with E-state index in [0.29, 0.717) is 24.7 Å². The lowest BCUT2D eigenvalue weighted by molar-refractivity contribution is 0.267. The maximum atomic E-state index is 13.1. The lowest BCUT2D eigenvalue weighted by atomic mass is 10.2. The Morgan fingerprint density at radius 1 is 1.04 bits per heavy atom. The van der Waals surface area contributed by atoms with Crippen LogP contribution in [0.2, 0.25) is 0 Å². The number of hydrogen-bond donors (Lipinski definition) is 0. The molecule has 3 nitrogen and oxygen atoms in total. The minimum absolute atomic E-state index is 0.259. The summed E-state index contributed by atoms with van der Waals surface area (Å²) in [6.45, 7) is 4.84. The van der Waals surface area contributed by atoms with E-state index in [1.165, 1.54) is 12.1 Å². The number of hydrogen-bond acceptors (Lipinski definition) is 3. The van der Waals surface area contributed by atoms with Crippen LogP contribution in [0.3, 0.4) is 0 Å². The molecule has 0 aliphatic rings. The van der Waals surface area contributed by atoms with E-state index in [2.05, 4.69) is 27.6 Å². The number of aliphatic imine (C=N–C) groups is 1. The van der Waals surface area contributed by atoms with E-state index in [0.717, 1.165) is 25.9 Å². The number of halogens is 2. The zero-order chi connectivity index (χ0) is 19.9. The molecule has 0 fully saturated rings. The summed E-state index contributed by atoms with van der Waals surface area (Å²) >= 11 is 2.23. The van der Waals surface area contributed by atoms with Crippen LogP contribution in [0.1, 0.15) is 23.6 Å². The first-order valence-electron chi connectivity index (χ1n) is 9.00. The molecule has 3 aromatic rings. The fourth-order valence-corrected chi connectivity index (χ4v) is 3.44. The quantitative estimate of drug-likeness (QED) is 0.282. The summed E-state index contributed by atoms with van der Waals surface area (Å²) in [5.41, 5.74) is 3.89. The van der Waals surface area contributed by atoms with Crippen LogP contribution in [0.5, 0.6) is 11.5 Å². The fraction of sp³-hybridized carbons (Fsp3) is 0.174. The maximum Gasteiger partial charge on any atom is 0.175 e. The lowest BCUT2D eigenvalue weighted by Crippen LogP contribution is -2.02. The molecule has 28 heavy (non-hydrogen) atoms. The fourth-order valence-electron chi connectivity index (χ4n) is 2.65.